The normalized spacial score (nSPS) is 10.5. The summed E-state index contributed by atoms with van der Waals surface area (Å²) in [6, 6.07) is 13.9. The van der Waals surface area contributed by atoms with Gasteiger partial charge in [-0.1, -0.05) is 29.8 Å². The smallest absolute Gasteiger partial charge is 0.139 e. The molecule has 4 rings (SSSR count). The van der Waals surface area contributed by atoms with Crippen LogP contribution in [0.3, 0.4) is 0 Å². The molecule has 0 fully saturated rings. The second kappa shape index (κ2) is 6.95. The van der Waals surface area contributed by atoms with Crippen molar-refractivity contribution in [2.75, 3.05) is 5.32 Å². The summed E-state index contributed by atoms with van der Waals surface area (Å²) >= 11 is 6.04. The Labute approximate surface area is 154 Å². The number of rotatable bonds is 3. The monoisotopic (exact) mass is 366 g/mol. The number of anilines is 2. The van der Waals surface area contributed by atoms with E-state index in [1.807, 2.05) is 18.2 Å². The quantitative estimate of drug-likeness (QED) is 0.533. The van der Waals surface area contributed by atoms with E-state index in [0.29, 0.717) is 16.4 Å². The Morgan fingerprint density at radius 1 is 1.04 bits per heavy atom. The van der Waals surface area contributed by atoms with Gasteiger partial charge in [-0.15, -0.1) is 0 Å². The SMILES string of the molecule is O=C([O-])c1ccc2c(c1)nc(Nc1cccc(Cl)c1)c1ccncc12.[NH4+]. The van der Waals surface area contributed by atoms with E-state index in [9.17, 15) is 9.90 Å². The first-order valence-electron chi connectivity index (χ1n) is 7.53. The number of carbonyl (C=O) groups excluding carboxylic acids is 1. The summed E-state index contributed by atoms with van der Waals surface area (Å²) in [6.45, 7) is 0. The maximum atomic E-state index is 11.1. The van der Waals surface area contributed by atoms with Crippen LogP contribution in [0, 0.1) is 0 Å². The van der Waals surface area contributed by atoms with Crippen LogP contribution in [-0.2, 0) is 0 Å². The van der Waals surface area contributed by atoms with Crippen LogP contribution in [0.1, 0.15) is 10.4 Å². The Balaban J connectivity index is 0.00000196. The number of carbonyl (C=O) groups is 1. The van der Waals surface area contributed by atoms with Gasteiger partial charge < -0.3 is 21.4 Å². The first-order chi connectivity index (χ1) is 12.1. The maximum Gasteiger partial charge on any atom is 0.139 e. The Morgan fingerprint density at radius 2 is 1.88 bits per heavy atom. The number of hydrogen-bond donors (Lipinski definition) is 2. The Kier molecular flexibility index (Phi) is 4.71. The maximum absolute atomic E-state index is 11.1. The minimum Gasteiger partial charge on any atom is -0.545 e. The number of aromatic carboxylic acids is 1. The number of hydrogen-bond acceptors (Lipinski definition) is 5. The van der Waals surface area contributed by atoms with Crippen LogP contribution < -0.4 is 16.6 Å². The van der Waals surface area contributed by atoms with Crippen molar-refractivity contribution in [2.24, 2.45) is 0 Å². The minimum atomic E-state index is -1.24. The molecule has 0 aliphatic rings. The number of nitrogens with one attached hydrogen (secondary N) is 1. The molecule has 0 aliphatic carbocycles. The predicted octanol–water partition coefficient (Wildman–Crippen LogP) is 3.92. The summed E-state index contributed by atoms with van der Waals surface area (Å²) in [7, 11) is 0. The van der Waals surface area contributed by atoms with Gasteiger partial charge in [0.2, 0.25) is 0 Å². The molecule has 2 heterocycles. The van der Waals surface area contributed by atoms with Gasteiger partial charge >= 0.3 is 0 Å². The molecule has 0 unspecified atom stereocenters. The second-order valence-corrected chi connectivity index (χ2v) is 5.97. The fourth-order valence-electron chi connectivity index (χ4n) is 2.77. The molecule has 0 spiro atoms. The highest BCUT2D eigenvalue weighted by Crippen LogP contribution is 2.31. The number of carboxylic acids is 1. The largest absolute Gasteiger partial charge is 0.545 e. The summed E-state index contributed by atoms with van der Waals surface area (Å²) in [5, 5.41) is 17.6. The van der Waals surface area contributed by atoms with E-state index in [0.717, 1.165) is 21.8 Å². The molecule has 0 radical (unpaired) electrons. The molecule has 0 saturated heterocycles. The van der Waals surface area contributed by atoms with E-state index in [1.54, 1.807) is 30.6 Å². The summed E-state index contributed by atoms with van der Waals surface area (Å²) in [5.74, 6) is -0.637. The van der Waals surface area contributed by atoms with Gasteiger partial charge in [-0.25, -0.2) is 4.98 Å². The van der Waals surface area contributed by atoms with Crippen LogP contribution in [0.4, 0.5) is 11.5 Å². The number of pyridine rings is 2. The topological polar surface area (TPSA) is 114 Å². The third-order valence-corrected chi connectivity index (χ3v) is 4.15. The van der Waals surface area contributed by atoms with E-state index in [4.69, 9.17) is 11.6 Å². The van der Waals surface area contributed by atoms with E-state index in [1.165, 1.54) is 12.1 Å². The predicted molar refractivity (Wildman–Crippen MR) is 102 cm³/mol. The summed E-state index contributed by atoms with van der Waals surface area (Å²) in [5.41, 5.74) is 1.41. The zero-order valence-electron chi connectivity index (χ0n) is 13.9. The molecule has 2 aromatic heterocycles. The molecule has 0 bridgehead atoms. The van der Waals surface area contributed by atoms with Crippen molar-refractivity contribution < 1.29 is 9.90 Å². The van der Waals surface area contributed by atoms with E-state index < -0.39 is 5.97 Å². The molecule has 5 N–H and O–H groups in total. The van der Waals surface area contributed by atoms with Crippen molar-refractivity contribution >= 4 is 50.8 Å². The average molecular weight is 367 g/mol. The van der Waals surface area contributed by atoms with E-state index in [2.05, 4.69) is 15.3 Å². The van der Waals surface area contributed by atoms with Crippen LogP contribution in [0.5, 0.6) is 0 Å². The van der Waals surface area contributed by atoms with E-state index >= 15 is 0 Å². The van der Waals surface area contributed by atoms with Gasteiger partial charge in [0.1, 0.15) is 5.82 Å². The molecule has 0 saturated carbocycles. The molecule has 130 valence electrons. The van der Waals surface area contributed by atoms with E-state index in [-0.39, 0.29) is 11.7 Å². The number of fused-ring (bicyclic) bond motifs is 3. The highest BCUT2D eigenvalue weighted by molar-refractivity contribution is 6.30. The van der Waals surface area contributed by atoms with Crippen LogP contribution in [-0.4, -0.2) is 15.9 Å². The van der Waals surface area contributed by atoms with Crippen LogP contribution >= 0.6 is 11.6 Å². The number of quaternary nitrogens is 1. The number of carboxylic acid groups (broad SMARTS) is 1. The molecular weight excluding hydrogens is 352 g/mol. The summed E-state index contributed by atoms with van der Waals surface area (Å²) in [6.07, 6.45) is 3.43. The van der Waals surface area contributed by atoms with Crippen LogP contribution in [0.25, 0.3) is 21.7 Å². The Hall–Kier alpha value is -3.22. The van der Waals surface area contributed by atoms with Crippen molar-refractivity contribution in [3.05, 3.63) is 71.5 Å². The van der Waals surface area contributed by atoms with Gasteiger partial charge in [-0.05, 0) is 35.9 Å². The number of benzene rings is 2. The lowest BCUT2D eigenvalue weighted by Crippen LogP contribution is -2.22. The van der Waals surface area contributed by atoms with Crippen molar-refractivity contribution in [2.45, 2.75) is 0 Å². The summed E-state index contributed by atoms with van der Waals surface area (Å²) < 4.78 is 0. The number of halogens is 1. The van der Waals surface area contributed by atoms with Crippen molar-refractivity contribution in [1.82, 2.24) is 16.1 Å². The lowest BCUT2D eigenvalue weighted by atomic mass is 10.1. The molecule has 4 aromatic rings. The molecule has 0 aliphatic heterocycles. The number of nitrogens with zero attached hydrogens (tertiary/aromatic N) is 2. The van der Waals surface area contributed by atoms with Gasteiger partial charge in [0.15, 0.2) is 0 Å². The molecule has 26 heavy (non-hydrogen) atoms. The molecule has 0 amide bonds. The lowest BCUT2D eigenvalue weighted by Gasteiger charge is -2.12. The summed E-state index contributed by atoms with van der Waals surface area (Å²) in [4.78, 5) is 19.9. The zero-order valence-corrected chi connectivity index (χ0v) is 14.6. The van der Waals surface area contributed by atoms with Gasteiger partial charge in [0.05, 0.1) is 11.5 Å². The first-order valence-corrected chi connectivity index (χ1v) is 7.91. The van der Waals surface area contributed by atoms with Crippen molar-refractivity contribution in [3.8, 4) is 0 Å². The lowest BCUT2D eigenvalue weighted by molar-refractivity contribution is -0.255. The molecule has 0 atom stereocenters. The van der Waals surface area contributed by atoms with Gasteiger partial charge in [-0.3, -0.25) is 4.98 Å². The van der Waals surface area contributed by atoms with Crippen LogP contribution in [0.2, 0.25) is 5.02 Å². The third-order valence-electron chi connectivity index (χ3n) is 3.92. The highest BCUT2D eigenvalue weighted by Gasteiger charge is 2.10. The number of aromatic nitrogens is 2. The van der Waals surface area contributed by atoms with Crippen molar-refractivity contribution in [3.63, 3.8) is 0 Å². The van der Waals surface area contributed by atoms with Crippen molar-refractivity contribution in [1.29, 1.82) is 0 Å². The molecule has 7 heteroatoms. The fourth-order valence-corrected chi connectivity index (χ4v) is 2.96. The average Bonchev–Trinajstić information content (AvgIpc) is 2.61. The Bertz CT molecular complexity index is 1130. The first kappa shape index (κ1) is 17.6. The molecular formula is C19H15ClN4O2. The minimum absolute atomic E-state index is 0. The van der Waals surface area contributed by atoms with Crippen LogP contribution in [0.15, 0.2) is 60.9 Å². The van der Waals surface area contributed by atoms with Gasteiger partial charge in [0.25, 0.3) is 0 Å². The second-order valence-electron chi connectivity index (χ2n) is 5.54. The van der Waals surface area contributed by atoms with Gasteiger partial charge in [-0.2, -0.15) is 0 Å². The molecule has 6 nitrogen and oxygen atoms in total. The third kappa shape index (κ3) is 3.15. The zero-order chi connectivity index (χ0) is 17.4. The highest BCUT2D eigenvalue weighted by atomic mass is 35.5. The molecule has 2 aromatic carbocycles. The fraction of sp³-hybridized carbons (Fsp3) is 0. The van der Waals surface area contributed by atoms with Gasteiger partial charge in [0, 0.05) is 39.3 Å². The standard InChI is InChI=1S/C19H12ClN3O2.H3N/c20-12-2-1-3-13(9-12)22-18-15-6-7-21-10-16(15)14-5-4-11(19(24)25)8-17(14)23-18;/h1-10H,(H,22,23)(H,24,25);1H3. The Morgan fingerprint density at radius 3 is 2.65 bits per heavy atom.